The van der Waals surface area contributed by atoms with Crippen molar-refractivity contribution in [3.05, 3.63) is 12.3 Å². The number of carbonyl (C=O) groups is 2. The average Bonchev–Trinajstić information content (AvgIpc) is 2.90. The van der Waals surface area contributed by atoms with Crippen LogP contribution in [0.1, 0.15) is 38.5 Å². The van der Waals surface area contributed by atoms with Gasteiger partial charge in [-0.05, 0) is 18.9 Å². The standard InChI is InChI=1S/C13H20N2O4/c14-11(16)13(6-2-1-3-7-13)15-12(17)19-9-10-5-4-8-18-10/h4,8,10H,1-3,5-7,9H2,(H2,14,16)(H,15,17). The van der Waals surface area contributed by atoms with E-state index in [1.807, 2.05) is 6.08 Å². The Hall–Kier alpha value is -1.72. The first kappa shape index (κ1) is 13.7. The molecule has 0 bridgehead atoms. The van der Waals surface area contributed by atoms with Crippen molar-refractivity contribution in [2.75, 3.05) is 6.61 Å². The van der Waals surface area contributed by atoms with E-state index in [1.165, 1.54) is 0 Å². The van der Waals surface area contributed by atoms with E-state index >= 15 is 0 Å². The highest BCUT2D eigenvalue weighted by molar-refractivity contribution is 5.88. The Balaban J connectivity index is 1.82. The van der Waals surface area contributed by atoms with Gasteiger partial charge in [-0.25, -0.2) is 4.79 Å². The highest BCUT2D eigenvalue weighted by atomic mass is 16.6. The van der Waals surface area contributed by atoms with Crippen LogP contribution in [0.5, 0.6) is 0 Å². The molecule has 3 N–H and O–H groups in total. The first-order valence-electron chi connectivity index (χ1n) is 6.68. The van der Waals surface area contributed by atoms with E-state index in [-0.39, 0.29) is 12.7 Å². The maximum absolute atomic E-state index is 11.8. The number of hydrogen-bond acceptors (Lipinski definition) is 4. The minimum absolute atomic E-state index is 0.123. The van der Waals surface area contributed by atoms with Gasteiger partial charge in [-0.1, -0.05) is 19.3 Å². The van der Waals surface area contributed by atoms with Crippen molar-refractivity contribution in [1.82, 2.24) is 5.32 Å². The number of carbonyl (C=O) groups excluding carboxylic acids is 2. The second-order valence-electron chi connectivity index (χ2n) is 5.10. The third-order valence-electron chi connectivity index (χ3n) is 3.69. The Kier molecular flexibility index (Phi) is 4.29. The second kappa shape index (κ2) is 5.95. The predicted octanol–water partition coefficient (Wildman–Crippen LogP) is 1.20. The van der Waals surface area contributed by atoms with E-state index in [1.54, 1.807) is 6.26 Å². The third kappa shape index (κ3) is 3.39. The highest BCUT2D eigenvalue weighted by Gasteiger charge is 2.39. The van der Waals surface area contributed by atoms with Crippen LogP contribution in [0.25, 0.3) is 0 Å². The molecule has 19 heavy (non-hydrogen) atoms. The van der Waals surface area contributed by atoms with Gasteiger partial charge < -0.3 is 20.5 Å². The number of nitrogens with one attached hydrogen (secondary N) is 1. The zero-order valence-electron chi connectivity index (χ0n) is 10.9. The molecule has 1 aliphatic heterocycles. The lowest BCUT2D eigenvalue weighted by Gasteiger charge is -2.34. The predicted molar refractivity (Wildman–Crippen MR) is 68.1 cm³/mol. The normalized spacial score (nSPS) is 24.5. The molecular formula is C13H20N2O4. The Morgan fingerprint density at radius 3 is 2.68 bits per heavy atom. The molecular weight excluding hydrogens is 248 g/mol. The van der Waals surface area contributed by atoms with Crippen molar-refractivity contribution in [2.45, 2.75) is 50.2 Å². The van der Waals surface area contributed by atoms with Crippen LogP contribution in [0.2, 0.25) is 0 Å². The van der Waals surface area contributed by atoms with Gasteiger partial charge in [-0.2, -0.15) is 0 Å². The van der Waals surface area contributed by atoms with Crippen molar-refractivity contribution >= 4 is 12.0 Å². The van der Waals surface area contributed by atoms with E-state index in [2.05, 4.69) is 5.32 Å². The highest BCUT2D eigenvalue weighted by Crippen LogP contribution is 2.28. The van der Waals surface area contributed by atoms with Gasteiger partial charge in [-0.3, -0.25) is 4.79 Å². The van der Waals surface area contributed by atoms with Gasteiger partial charge in [0.1, 0.15) is 18.2 Å². The molecule has 6 nitrogen and oxygen atoms in total. The van der Waals surface area contributed by atoms with Crippen LogP contribution in [0.4, 0.5) is 4.79 Å². The summed E-state index contributed by atoms with van der Waals surface area (Å²) in [7, 11) is 0. The molecule has 1 unspecified atom stereocenters. The second-order valence-corrected chi connectivity index (χ2v) is 5.10. The van der Waals surface area contributed by atoms with Crippen LogP contribution in [-0.2, 0) is 14.3 Å². The monoisotopic (exact) mass is 268 g/mol. The number of nitrogens with two attached hydrogens (primary N) is 1. The minimum atomic E-state index is -0.940. The summed E-state index contributed by atoms with van der Waals surface area (Å²) < 4.78 is 10.3. The van der Waals surface area contributed by atoms with Crippen LogP contribution in [-0.4, -0.2) is 30.3 Å². The van der Waals surface area contributed by atoms with E-state index in [0.717, 1.165) is 25.7 Å². The molecule has 6 heteroatoms. The van der Waals surface area contributed by atoms with Crippen molar-refractivity contribution in [3.63, 3.8) is 0 Å². The Morgan fingerprint density at radius 2 is 2.11 bits per heavy atom. The number of ether oxygens (including phenoxy) is 2. The average molecular weight is 268 g/mol. The molecule has 1 saturated carbocycles. The van der Waals surface area contributed by atoms with Crippen LogP contribution >= 0.6 is 0 Å². The van der Waals surface area contributed by atoms with E-state index in [4.69, 9.17) is 15.2 Å². The van der Waals surface area contributed by atoms with Crippen molar-refractivity contribution < 1.29 is 19.1 Å². The molecule has 0 spiro atoms. The topological polar surface area (TPSA) is 90.7 Å². The summed E-state index contributed by atoms with van der Waals surface area (Å²) in [5.41, 5.74) is 4.48. The summed E-state index contributed by atoms with van der Waals surface area (Å²) in [4.78, 5) is 23.4. The van der Waals surface area contributed by atoms with Gasteiger partial charge in [0.05, 0.1) is 6.26 Å². The molecule has 0 aromatic rings. The van der Waals surface area contributed by atoms with Gasteiger partial charge in [0, 0.05) is 6.42 Å². The lowest BCUT2D eigenvalue weighted by molar-refractivity contribution is -0.125. The maximum atomic E-state index is 11.8. The van der Waals surface area contributed by atoms with Gasteiger partial charge in [0.15, 0.2) is 0 Å². The lowest BCUT2D eigenvalue weighted by atomic mass is 9.81. The zero-order chi connectivity index (χ0) is 13.7. The molecule has 0 saturated heterocycles. The third-order valence-corrected chi connectivity index (χ3v) is 3.69. The summed E-state index contributed by atoms with van der Waals surface area (Å²) in [5, 5.41) is 2.64. The molecule has 2 amide bonds. The summed E-state index contributed by atoms with van der Waals surface area (Å²) in [6, 6.07) is 0. The summed E-state index contributed by atoms with van der Waals surface area (Å²) in [5.74, 6) is -0.483. The SMILES string of the molecule is NC(=O)C1(NC(=O)OCC2CC=CO2)CCCCC1. The largest absolute Gasteiger partial charge is 0.494 e. The molecule has 2 aliphatic rings. The van der Waals surface area contributed by atoms with Gasteiger partial charge in [-0.15, -0.1) is 0 Å². The zero-order valence-corrected chi connectivity index (χ0v) is 10.9. The fraction of sp³-hybridized carbons (Fsp3) is 0.692. The first-order valence-corrected chi connectivity index (χ1v) is 6.68. The summed E-state index contributed by atoms with van der Waals surface area (Å²) in [6.45, 7) is 0.174. The van der Waals surface area contributed by atoms with E-state index in [0.29, 0.717) is 12.8 Å². The fourth-order valence-corrected chi connectivity index (χ4v) is 2.53. The summed E-state index contributed by atoms with van der Waals surface area (Å²) in [6.07, 6.45) is 7.48. The molecule has 0 aromatic heterocycles. The molecule has 106 valence electrons. The van der Waals surface area contributed by atoms with Gasteiger partial charge >= 0.3 is 6.09 Å². The number of alkyl carbamates (subject to hydrolysis) is 1. The van der Waals surface area contributed by atoms with Crippen molar-refractivity contribution in [1.29, 1.82) is 0 Å². The molecule has 1 fully saturated rings. The van der Waals surface area contributed by atoms with Gasteiger partial charge in [0.2, 0.25) is 5.91 Å². The molecule has 1 heterocycles. The van der Waals surface area contributed by atoms with Gasteiger partial charge in [0.25, 0.3) is 0 Å². The molecule has 1 aliphatic carbocycles. The lowest BCUT2D eigenvalue weighted by Crippen LogP contribution is -2.58. The number of primary amides is 1. The Bertz CT molecular complexity index is 367. The molecule has 0 radical (unpaired) electrons. The van der Waals surface area contributed by atoms with Crippen LogP contribution in [0.15, 0.2) is 12.3 Å². The fourth-order valence-electron chi connectivity index (χ4n) is 2.53. The Morgan fingerprint density at radius 1 is 1.37 bits per heavy atom. The number of amides is 2. The molecule has 0 aromatic carbocycles. The van der Waals surface area contributed by atoms with Crippen LogP contribution < -0.4 is 11.1 Å². The number of rotatable bonds is 4. The van der Waals surface area contributed by atoms with Crippen LogP contribution in [0.3, 0.4) is 0 Å². The quantitative estimate of drug-likeness (QED) is 0.801. The van der Waals surface area contributed by atoms with Crippen molar-refractivity contribution in [3.8, 4) is 0 Å². The van der Waals surface area contributed by atoms with Crippen LogP contribution in [0, 0.1) is 0 Å². The first-order chi connectivity index (χ1) is 9.12. The smallest absolute Gasteiger partial charge is 0.408 e. The van der Waals surface area contributed by atoms with E-state index < -0.39 is 17.5 Å². The Labute approximate surface area is 112 Å². The molecule has 1 atom stereocenters. The minimum Gasteiger partial charge on any atom is -0.494 e. The maximum Gasteiger partial charge on any atom is 0.408 e. The summed E-state index contributed by atoms with van der Waals surface area (Å²) >= 11 is 0. The molecule has 2 rings (SSSR count). The number of hydrogen-bond donors (Lipinski definition) is 2. The van der Waals surface area contributed by atoms with Crippen molar-refractivity contribution in [2.24, 2.45) is 5.73 Å². The van der Waals surface area contributed by atoms with E-state index in [9.17, 15) is 9.59 Å².